The third kappa shape index (κ3) is 7.04. The molecule has 1 N–H and O–H groups in total. The Labute approximate surface area is 342 Å². The molecule has 312 valence electrons. The van der Waals surface area contributed by atoms with E-state index in [-0.39, 0.29) is 36.0 Å². The van der Waals surface area contributed by atoms with Crippen LogP contribution in [0.1, 0.15) is 92.1 Å². The van der Waals surface area contributed by atoms with Crippen molar-refractivity contribution < 1.29 is 47.6 Å². The minimum Gasteiger partial charge on any atom is -0.504 e. The van der Waals surface area contributed by atoms with Crippen molar-refractivity contribution in [1.29, 1.82) is 0 Å². The first kappa shape index (κ1) is 43.0. The number of aliphatic hydroxyl groups is 1. The maximum Gasteiger partial charge on any atom is 0.302 e. The van der Waals surface area contributed by atoms with Gasteiger partial charge in [0, 0.05) is 43.3 Å². The molecule has 2 saturated heterocycles. The van der Waals surface area contributed by atoms with Crippen LogP contribution in [0.5, 0.6) is 11.5 Å². The highest BCUT2D eigenvalue weighted by molar-refractivity contribution is 6.06. The van der Waals surface area contributed by atoms with Crippen LogP contribution in [0.4, 0.5) is 0 Å². The lowest BCUT2D eigenvalue weighted by atomic mass is 9.38. The third-order valence-electron chi connectivity index (χ3n) is 14.0. The topological polar surface area (TPSA) is 137 Å². The number of rotatable bonds is 11. The van der Waals surface area contributed by atoms with Gasteiger partial charge in [-0.1, -0.05) is 33.3 Å². The lowest BCUT2D eigenvalue weighted by molar-refractivity contribution is -0.200. The van der Waals surface area contributed by atoms with E-state index < -0.39 is 51.0 Å². The van der Waals surface area contributed by atoms with Gasteiger partial charge in [-0.25, -0.2) is 0 Å². The number of fused-ring (bicyclic) bond motifs is 3. The molecule has 0 amide bonds. The summed E-state index contributed by atoms with van der Waals surface area (Å²) in [5.41, 5.74) is -3.06. The van der Waals surface area contributed by atoms with E-state index in [2.05, 4.69) is 18.7 Å². The van der Waals surface area contributed by atoms with Crippen molar-refractivity contribution in [3.05, 3.63) is 71.9 Å². The van der Waals surface area contributed by atoms with Gasteiger partial charge < -0.3 is 33.2 Å². The molecule has 1 aromatic carbocycles. The summed E-state index contributed by atoms with van der Waals surface area (Å²) in [4.78, 5) is 42.0. The number of esters is 1. The van der Waals surface area contributed by atoms with E-state index in [1.54, 1.807) is 38.5 Å². The van der Waals surface area contributed by atoms with Gasteiger partial charge in [0.05, 0.1) is 55.9 Å². The summed E-state index contributed by atoms with van der Waals surface area (Å²) >= 11 is 0. The van der Waals surface area contributed by atoms with Crippen molar-refractivity contribution in [2.24, 2.45) is 27.6 Å². The quantitative estimate of drug-likeness (QED) is 0.135. The van der Waals surface area contributed by atoms with Crippen LogP contribution < -0.4 is 9.47 Å². The number of morpholine rings is 1. The van der Waals surface area contributed by atoms with Crippen molar-refractivity contribution in [1.82, 2.24) is 4.90 Å². The van der Waals surface area contributed by atoms with Crippen LogP contribution in [0.2, 0.25) is 0 Å². The molecule has 0 bridgehead atoms. The molecular formula is C45H60ClNO10. The Balaban J connectivity index is 0.000000215. The standard InChI is InChI=1S/C28H32O7.C17H27NO3.ClH/c1-14(29)34-17-12-26(5)16(15-8-10-33-13-15)11-19-28(26,35-19)27(6)21(17)25(4)9-7-18(30)24(2,3)22(25)20(31)23(27)32;1-2-3-12-20-16-5-7-17(8-6-16)21-13-4-9-18-10-14-19-15-11-18;/h7-10,13,16-17,19,21,31H,11-12H2,1-6H3;5-8H,2-4,9-15H2,1H3;1H. The highest BCUT2D eigenvalue weighted by Crippen LogP contribution is 2.81. The maximum absolute atomic E-state index is 14.3. The largest absolute Gasteiger partial charge is 0.504 e. The number of aliphatic hydroxyl groups excluding tert-OH is 1. The van der Waals surface area contributed by atoms with Gasteiger partial charge in [-0.2, -0.15) is 0 Å². The summed E-state index contributed by atoms with van der Waals surface area (Å²) < 4.78 is 34.7. The van der Waals surface area contributed by atoms with Gasteiger partial charge in [0.1, 0.15) is 23.2 Å². The molecule has 4 fully saturated rings. The number of allylic oxidation sites excluding steroid dienone is 4. The van der Waals surface area contributed by atoms with Crippen molar-refractivity contribution >= 4 is 29.9 Å². The average Bonchev–Trinajstić information content (AvgIpc) is 3.53. The number of nitrogens with zero attached hydrogens (tertiary/aromatic N) is 1. The molecule has 12 heteroatoms. The first-order chi connectivity index (χ1) is 26.6. The second kappa shape index (κ2) is 16.2. The molecule has 57 heavy (non-hydrogen) atoms. The van der Waals surface area contributed by atoms with E-state index >= 15 is 0 Å². The summed E-state index contributed by atoms with van der Waals surface area (Å²) in [5.74, 6) is 0.00128. The number of halogens is 1. The van der Waals surface area contributed by atoms with Crippen LogP contribution in [0, 0.1) is 27.6 Å². The van der Waals surface area contributed by atoms with Gasteiger partial charge in [0.15, 0.2) is 11.5 Å². The number of carbonyl (C=O) groups is 3. The molecule has 8 atom stereocenters. The first-order valence-corrected chi connectivity index (χ1v) is 20.4. The predicted molar refractivity (Wildman–Crippen MR) is 216 cm³/mol. The number of Topliss-reactive ketones (excluding diaryl/α,β-unsaturated/α-hetero) is 1. The molecule has 2 aromatic rings. The zero-order valence-electron chi connectivity index (χ0n) is 34.5. The minimum atomic E-state index is -1.17. The highest BCUT2D eigenvalue weighted by Gasteiger charge is 2.89. The van der Waals surface area contributed by atoms with Crippen molar-refractivity contribution in [3.63, 3.8) is 0 Å². The Kier molecular flexibility index (Phi) is 12.2. The molecule has 4 aliphatic carbocycles. The number of hydrogen-bond acceptors (Lipinski definition) is 11. The zero-order chi connectivity index (χ0) is 40.1. The van der Waals surface area contributed by atoms with E-state index in [9.17, 15) is 19.5 Å². The van der Waals surface area contributed by atoms with Gasteiger partial charge in [0.2, 0.25) is 5.78 Å². The Morgan fingerprint density at radius 2 is 1.61 bits per heavy atom. The molecule has 6 aliphatic rings. The van der Waals surface area contributed by atoms with Crippen LogP contribution in [-0.2, 0) is 28.6 Å². The summed E-state index contributed by atoms with van der Waals surface area (Å²) in [5, 5.41) is 11.5. The first-order valence-electron chi connectivity index (χ1n) is 20.4. The average molecular weight is 810 g/mol. The summed E-state index contributed by atoms with van der Waals surface area (Å²) in [6, 6.07) is 9.87. The fourth-order valence-electron chi connectivity index (χ4n) is 11.5. The van der Waals surface area contributed by atoms with Crippen molar-refractivity contribution in [2.45, 2.75) is 104 Å². The van der Waals surface area contributed by atoms with Crippen LogP contribution in [0.15, 0.2) is 70.8 Å². The molecule has 1 aromatic heterocycles. The normalized spacial score (nSPS) is 34.7. The summed E-state index contributed by atoms with van der Waals surface area (Å²) in [6.07, 6.45) is 10.5. The van der Waals surface area contributed by atoms with E-state index in [4.69, 9.17) is 28.1 Å². The Bertz CT molecular complexity index is 1850. The maximum atomic E-state index is 14.3. The fourth-order valence-corrected chi connectivity index (χ4v) is 11.5. The zero-order valence-corrected chi connectivity index (χ0v) is 35.3. The number of ether oxygens (including phenoxy) is 5. The van der Waals surface area contributed by atoms with Gasteiger partial charge >= 0.3 is 5.97 Å². The summed E-state index contributed by atoms with van der Waals surface area (Å²) in [7, 11) is 0. The number of epoxide rings is 1. The van der Waals surface area contributed by atoms with Crippen molar-refractivity contribution in [3.8, 4) is 11.5 Å². The van der Waals surface area contributed by atoms with E-state index in [0.717, 1.165) is 82.4 Å². The third-order valence-corrected chi connectivity index (χ3v) is 14.0. The number of ketones is 2. The number of hydrogen-bond donors (Lipinski definition) is 1. The SMILES string of the molecule is CC(=O)OC1CC2(C)C(c3ccoc3)CC3OC32C2(C)C(=O)C(O)=C3C(C)(C)C(=O)C=CC3(C)C12.CCCCOc1ccc(OCCCN2CCOCC2)cc1.Cl. The Morgan fingerprint density at radius 1 is 0.965 bits per heavy atom. The molecular weight excluding hydrogens is 750 g/mol. The Morgan fingerprint density at radius 3 is 2.21 bits per heavy atom. The molecule has 8 unspecified atom stereocenters. The minimum absolute atomic E-state index is 0. The number of benzene rings is 1. The summed E-state index contributed by atoms with van der Waals surface area (Å²) in [6.45, 7) is 19.4. The predicted octanol–water partition coefficient (Wildman–Crippen LogP) is 7.82. The highest BCUT2D eigenvalue weighted by atomic mass is 35.5. The second-order valence-corrected chi connectivity index (χ2v) is 17.6. The van der Waals surface area contributed by atoms with E-state index in [1.165, 1.54) is 6.92 Å². The molecule has 3 heterocycles. The van der Waals surface area contributed by atoms with Crippen molar-refractivity contribution in [2.75, 3.05) is 46.1 Å². The molecule has 2 aliphatic heterocycles. The monoisotopic (exact) mass is 809 g/mol. The molecule has 0 radical (unpaired) electrons. The number of carbonyl (C=O) groups excluding carboxylic acids is 3. The second-order valence-electron chi connectivity index (χ2n) is 17.6. The molecule has 1 spiro atoms. The number of furan rings is 1. The molecule has 11 nitrogen and oxygen atoms in total. The van der Waals surface area contributed by atoms with E-state index in [0.29, 0.717) is 18.4 Å². The van der Waals surface area contributed by atoms with Crippen LogP contribution >= 0.6 is 12.4 Å². The van der Waals surface area contributed by atoms with Gasteiger partial charge in [-0.05, 0) is 99.9 Å². The van der Waals surface area contributed by atoms with Gasteiger partial charge in [-0.15, -0.1) is 12.4 Å². The smallest absolute Gasteiger partial charge is 0.302 e. The van der Waals surface area contributed by atoms with Crippen LogP contribution in [-0.4, -0.2) is 91.4 Å². The fraction of sp³-hybridized carbons (Fsp3) is 0.622. The van der Waals surface area contributed by atoms with Crippen LogP contribution in [0.3, 0.4) is 0 Å². The molecule has 2 saturated carbocycles. The molecule has 8 rings (SSSR count). The van der Waals surface area contributed by atoms with Gasteiger partial charge in [-0.3, -0.25) is 19.3 Å². The van der Waals surface area contributed by atoms with Crippen LogP contribution in [0.25, 0.3) is 0 Å². The lowest BCUT2D eigenvalue weighted by Crippen LogP contribution is -2.70. The lowest BCUT2D eigenvalue weighted by Gasteiger charge is -2.64. The van der Waals surface area contributed by atoms with Gasteiger partial charge in [0.25, 0.3) is 0 Å². The number of unbranched alkanes of at least 4 members (excludes halogenated alkanes) is 1. The Hall–Kier alpha value is -3.64. The van der Waals surface area contributed by atoms with E-state index in [1.807, 2.05) is 44.2 Å².